The lowest BCUT2D eigenvalue weighted by Gasteiger charge is -2.26. The van der Waals surface area contributed by atoms with Crippen LogP contribution in [0.15, 0.2) is 35.7 Å². The monoisotopic (exact) mass is 462 g/mol. The van der Waals surface area contributed by atoms with Crippen molar-refractivity contribution in [3.63, 3.8) is 0 Å². The van der Waals surface area contributed by atoms with Crippen molar-refractivity contribution in [3.8, 4) is 0 Å². The smallest absolute Gasteiger partial charge is 0.255 e. The Balaban J connectivity index is 1.66. The van der Waals surface area contributed by atoms with E-state index in [0.717, 1.165) is 60.1 Å². The Labute approximate surface area is 200 Å². The summed E-state index contributed by atoms with van der Waals surface area (Å²) in [7, 11) is 0. The van der Waals surface area contributed by atoms with Gasteiger partial charge in [-0.2, -0.15) is 5.10 Å². The van der Waals surface area contributed by atoms with E-state index in [1.165, 1.54) is 11.1 Å². The third-order valence-electron chi connectivity index (χ3n) is 6.78. The van der Waals surface area contributed by atoms with Crippen LogP contribution in [0.3, 0.4) is 0 Å². The molecule has 1 aromatic carbocycles. The van der Waals surface area contributed by atoms with Crippen molar-refractivity contribution in [1.82, 2.24) is 20.1 Å². The van der Waals surface area contributed by atoms with Crippen molar-refractivity contribution >= 4 is 28.3 Å². The van der Waals surface area contributed by atoms with Crippen LogP contribution in [0.25, 0.3) is 11.0 Å². The van der Waals surface area contributed by atoms with E-state index in [-0.39, 0.29) is 18.0 Å². The summed E-state index contributed by atoms with van der Waals surface area (Å²) in [6, 6.07) is 6.43. The molecule has 0 radical (unpaired) electrons. The topological polar surface area (TPSA) is 104 Å². The number of fused-ring (bicyclic) bond motifs is 1. The van der Waals surface area contributed by atoms with Crippen LogP contribution in [0.5, 0.6) is 0 Å². The second-order valence-electron chi connectivity index (χ2n) is 9.12. The molecule has 8 heteroatoms. The van der Waals surface area contributed by atoms with Crippen LogP contribution in [0, 0.1) is 13.8 Å². The molecule has 0 saturated heterocycles. The fraction of sp³-hybridized carbons (Fsp3) is 0.462. The molecule has 3 N–H and O–H groups in total. The molecule has 2 heterocycles. The van der Waals surface area contributed by atoms with Gasteiger partial charge in [-0.1, -0.05) is 35.8 Å². The van der Waals surface area contributed by atoms with E-state index >= 15 is 0 Å². The second-order valence-corrected chi connectivity index (χ2v) is 9.12. The minimum atomic E-state index is -0.151. The average Bonchev–Trinajstić information content (AvgIpc) is 3.27. The lowest BCUT2D eigenvalue weighted by molar-refractivity contribution is 0.0936. The number of pyridine rings is 1. The number of nitrogens with one attached hydrogen (secondary N) is 2. The number of carbonyl (C=O) groups is 1. The third-order valence-corrected chi connectivity index (χ3v) is 6.78. The van der Waals surface area contributed by atoms with E-state index in [0.29, 0.717) is 12.1 Å². The van der Waals surface area contributed by atoms with Crippen molar-refractivity contribution < 1.29 is 10.0 Å². The highest BCUT2D eigenvalue weighted by Gasteiger charge is 2.25. The number of hydrogen-bond acceptors (Lipinski definition) is 6. The molecule has 1 fully saturated rings. The van der Waals surface area contributed by atoms with Gasteiger partial charge in [0.1, 0.15) is 0 Å². The highest BCUT2D eigenvalue weighted by Crippen LogP contribution is 2.30. The van der Waals surface area contributed by atoms with Crippen LogP contribution < -0.4 is 10.6 Å². The largest absolute Gasteiger partial charge is 0.411 e. The standard InChI is InChI=1S/C26H34N6O2/c1-5-23(20-12-7-16(3)13-17(20)4)30-26(33)22-14-27-25-21(15-28-32(25)6-2)24(22)29-18-8-10-19(31-34)11-9-18/h7,12-15,18,23,34H,5-6,8-11H2,1-4H3,(H,27,29)(H,30,33). The second kappa shape index (κ2) is 10.2. The van der Waals surface area contributed by atoms with Crippen molar-refractivity contribution in [2.75, 3.05) is 5.32 Å². The molecule has 8 nitrogen and oxygen atoms in total. The van der Waals surface area contributed by atoms with Crippen molar-refractivity contribution in [2.24, 2.45) is 5.16 Å². The summed E-state index contributed by atoms with van der Waals surface area (Å²) < 4.78 is 1.84. The molecule has 4 rings (SSSR count). The number of amides is 1. The average molecular weight is 463 g/mol. The number of rotatable bonds is 7. The van der Waals surface area contributed by atoms with Crippen LogP contribution in [0.4, 0.5) is 5.69 Å². The van der Waals surface area contributed by atoms with E-state index in [1.54, 1.807) is 12.4 Å². The van der Waals surface area contributed by atoms with Gasteiger partial charge in [0.05, 0.1) is 34.6 Å². The van der Waals surface area contributed by atoms with Crippen LogP contribution in [0.1, 0.15) is 79.0 Å². The maximum absolute atomic E-state index is 13.6. The predicted octanol–water partition coefficient (Wildman–Crippen LogP) is 5.13. The normalized spacial score (nSPS) is 16.9. The van der Waals surface area contributed by atoms with E-state index in [1.807, 2.05) is 11.6 Å². The summed E-state index contributed by atoms with van der Waals surface area (Å²) in [5, 5.41) is 24.6. The first-order valence-electron chi connectivity index (χ1n) is 12.1. The molecular formula is C26H34N6O2. The SMILES string of the molecule is CCC(NC(=O)c1cnc2c(cnn2CC)c1NC1CCC(=NO)CC1)c1ccc(C)cc1C. The van der Waals surface area contributed by atoms with Crippen LogP contribution in [-0.4, -0.2) is 37.6 Å². The van der Waals surface area contributed by atoms with Gasteiger partial charge in [-0.3, -0.25) is 4.79 Å². The Kier molecular flexibility index (Phi) is 7.14. The van der Waals surface area contributed by atoms with Gasteiger partial charge < -0.3 is 15.8 Å². The Hall–Kier alpha value is -3.42. The summed E-state index contributed by atoms with van der Waals surface area (Å²) in [5.74, 6) is -0.151. The number of hydrogen-bond donors (Lipinski definition) is 3. The van der Waals surface area contributed by atoms with Gasteiger partial charge in [-0.15, -0.1) is 0 Å². The summed E-state index contributed by atoms with van der Waals surface area (Å²) in [6.45, 7) is 8.97. The molecule has 0 bridgehead atoms. The zero-order valence-corrected chi connectivity index (χ0v) is 20.4. The van der Waals surface area contributed by atoms with E-state index in [9.17, 15) is 4.79 Å². The fourth-order valence-electron chi connectivity index (χ4n) is 4.84. The molecule has 1 saturated carbocycles. The molecule has 1 amide bonds. The summed E-state index contributed by atoms with van der Waals surface area (Å²) >= 11 is 0. The quantitative estimate of drug-likeness (QED) is 0.333. The number of anilines is 1. The van der Waals surface area contributed by atoms with Crippen LogP contribution in [0.2, 0.25) is 0 Å². The minimum Gasteiger partial charge on any atom is -0.411 e. The molecule has 1 unspecified atom stereocenters. The van der Waals surface area contributed by atoms with Crippen molar-refractivity contribution in [2.45, 2.75) is 78.4 Å². The van der Waals surface area contributed by atoms with Gasteiger partial charge in [-0.25, -0.2) is 9.67 Å². The first kappa shape index (κ1) is 23.7. The first-order valence-corrected chi connectivity index (χ1v) is 12.1. The van der Waals surface area contributed by atoms with Crippen molar-refractivity contribution in [3.05, 3.63) is 52.8 Å². The maximum atomic E-state index is 13.6. The van der Waals surface area contributed by atoms with E-state index in [2.05, 4.69) is 64.8 Å². The molecule has 180 valence electrons. The Morgan fingerprint density at radius 2 is 2.00 bits per heavy atom. The highest BCUT2D eigenvalue weighted by molar-refractivity contribution is 6.06. The van der Waals surface area contributed by atoms with E-state index in [4.69, 9.17) is 5.21 Å². The number of oxime groups is 1. The Morgan fingerprint density at radius 3 is 2.65 bits per heavy atom. The summed E-state index contributed by atoms with van der Waals surface area (Å²) in [6.07, 6.45) is 7.39. The fourth-order valence-corrected chi connectivity index (χ4v) is 4.84. The number of aryl methyl sites for hydroxylation is 3. The zero-order valence-electron chi connectivity index (χ0n) is 20.4. The predicted molar refractivity (Wildman–Crippen MR) is 135 cm³/mol. The molecule has 3 aromatic rings. The number of nitrogens with zero attached hydrogens (tertiary/aromatic N) is 4. The first-order chi connectivity index (χ1) is 16.4. The van der Waals surface area contributed by atoms with Gasteiger partial charge >= 0.3 is 0 Å². The molecule has 0 aliphatic heterocycles. The number of carbonyl (C=O) groups excluding carboxylic acids is 1. The summed E-state index contributed by atoms with van der Waals surface area (Å²) in [4.78, 5) is 18.2. The minimum absolute atomic E-state index is 0.0898. The van der Waals surface area contributed by atoms with Gasteiger partial charge in [-0.05, 0) is 64.0 Å². The van der Waals surface area contributed by atoms with Gasteiger partial charge in [0, 0.05) is 18.8 Å². The van der Waals surface area contributed by atoms with Gasteiger partial charge in [0.25, 0.3) is 5.91 Å². The number of aromatic nitrogens is 3. The van der Waals surface area contributed by atoms with Crippen LogP contribution in [-0.2, 0) is 6.54 Å². The lowest BCUT2D eigenvalue weighted by atomic mass is 9.93. The molecule has 0 spiro atoms. The molecule has 2 aromatic heterocycles. The highest BCUT2D eigenvalue weighted by atomic mass is 16.4. The molecule has 1 atom stereocenters. The molecule has 1 aliphatic carbocycles. The lowest BCUT2D eigenvalue weighted by Crippen LogP contribution is -2.31. The Bertz CT molecular complexity index is 1210. The molecular weight excluding hydrogens is 428 g/mol. The summed E-state index contributed by atoms with van der Waals surface area (Å²) in [5.41, 5.74) is 6.39. The van der Waals surface area contributed by atoms with Crippen LogP contribution >= 0.6 is 0 Å². The number of benzene rings is 1. The maximum Gasteiger partial charge on any atom is 0.255 e. The Morgan fingerprint density at radius 1 is 1.24 bits per heavy atom. The molecule has 1 aliphatic rings. The third kappa shape index (κ3) is 4.76. The molecule has 34 heavy (non-hydrogen) atoms. The van der Waals surface area contributed by atoms with Gasteiger partial charge in [0.2, 0.25) is 0 Å². The van der Waals surface area contributed by atoms with Crippen molar-refractivity contribution in [1.29, 1.82) is 0 Å². The van der Waals surface area contributed by atoms with E-state index < -0.39 is 0 Å². The van der Waals surface area contributed by atoms with Gasteiger partial charge in [0.15, 0.2) is 5.65 Å². The zero-order chi connectivity index (χ0) is 24.2.